The summed E-state index contributed by atoms with van der Waals surface area (Å²) in [5.74, 6) is 0.0311. The molecule has 2 aliphatic rings. The minimum atomic E-state index is -3.11. The van der Waals surface area contributed by atoms with Gasteiger partial charge < -0.3 is 24.3 Å². The molecule has 11 heteroatoms. The molecule has 5 rings (SSSR count). The third-order valence-electron chi connectivity index (χ3n) is 6.80. The zero-order chi connectivity index (χ0) is 26.8. The van der Waals surface area contributed by atoms with E-state index in [-0.39, 0.29) is 29.1 Å². The van der Waals surface area contributed by atoms with Crippen LogP contribution in [0.2, 0.25) is 0 Å². The lowest BCUT2D eigenvalue weighted by molar-refractivity contribution is -0.0502. The molecular formula is C27H32F2N4O5. The number of imidazole rings is 1. The maximum Gasteiger partial charge on any atom is 0.387 e. The number of halogens is 2. The number of benzene rings is 1. The summed E-state index contributed by atoms with van der Waals surface area (Å²) in [7, 11) is 1.38. The van der Waals surface area contributed by atoms with Gasteiger partial charge in [-0.1, -0.05) is 0 Å². The van der Waals surface area contributed by atoms with Crippen LogP contribution in [0.4, 0.5) is 8.78 Å². The number of hydrogen-bond donors (Lipinski definition) is 1. The average molecular weight is 531 g/mol. The van der Waals surface area contributed by atoms with Crippen LogP contribution >= 0.6 is 0 Å². The molecule has 1 N–H and O–H groups in total. The van der Waals surface area contributed by atoms with E-state index in [1.165, 1.54) is 13.2 Å². The van der Waals surface area contributed by atoms with Crippen LogP contribution in [-0.2, 0) is 4.74 Å². The molecule has 2 fully saturated rings. The zero-order valence-electron chi connectivity index (χ0n) is 21.7. The fraction of sp³-hybridized carbons (Fsp3) is 0.481. The lowest BCUT2D eigenvalue weighted by Crippen LogP contribution is -2.51. The van der Waals surface area contributed by atoms with E-state index in [2.05, 4.69) is 29.0 Å². The fourth-order valence-corrected chi connectivity index (χ4v) is 4.75. The summed E-state index contributed by atoms with van der Waals surface area (Å²) in [6.07, 6.45) is 5.14. The number of nitrogens with one attached hydrogen (secondary N) is 1. The molecule has 0 spiro atoms. The van der Waals surface area contributed by atoms with Crippen molar-refractivity contribution in [2.24, 2.45) is 0 Å². The summed E-state index contributed by atoms with van der Waals surface area (Å²) in [4.78, 5) is 19.7. The number of hydrogen-bond acceptors (Lipinski definition) is 7. The summed E-state index contributed by atoms with van der Waals surface area (Å²) >= 11 is 0. The predicted octanol–water partition coefficient (Wildman–Crippen LogP) is 3.99. The Bertz CT molecular complexity index is 1290. The number of ether oxygens (including phenoxy) is 4. The van der Waals surface area contributed by atoms with E-state index in [9.17, 15) is 13.6 Å². The lowest BCUT2D eigenvalue weighted by atomic mass is 10.1. The number of carbonyl (C=O) groups is 1. The van der Waals surface area contributed by atoms with Crippen molar-refractivity contribution in [3.8, 4) is 28.5 Å². The molecule has 9 nitrogen and oxygen atoms in total. The monoisotopic (exact) mass is 530 g/mol. The normalized spacial score (nSPS) is 18.2. The van der Waals surface area contributed by atoms with Gasteiger partial charge in [-0.3, -0.25) is 14.1 Å². The van der Waals surface area contributed by atoms with Gasteiger partial charge in [0.25, 0.3) is 5.91 Å². The van der Waals surface area contributed by atoms with Gasteiger partial charge >= 0.3 is 6.61 Å². The van der Waals surface area contributed by atoms with Gasteiger partial charge in [0.1, 0.15) is 35.1 Å². The highest BCUT2D eigenvalue weighted by molar-refractivity contribution is 6.01. The van der Waals surface area contributed by atoms with E-state index in [4.69, 9.17) is 18.9 Å². The van der Waals surface area contributed by atoms with Crippen molar-refractivity contribution in [3.05, 3.63) is 42.2 Å². The van der Waals surface area contributed by atoms with Gasteiger partial charge in [-0.25, -0.2) is 4.98 Å². The lowest BCUT2D eigenvalue weighted by Gasteiger charge is -2.38. The Morgan fingerprint density at radius 3 is 2.74 bits per heavy atom. The van der Waals surface area contributed by atoms with Crippen LogP contribution in [0.5, 0.6) is 17.2 Å². The number of carbonyl (C=O) groups excluding carboxylic acids is 1. The molecule has 1 atom stereocenters. The first-order valence-corrected chi connectivity index (χ1v) is 12.8. The number of rotatable bonds is 10. The predicted molar refractivity (Wildman–Crippen MR) is 136 cm³/mol. The standard InChI is InChI=1S/C27H32F2N4O5/c1-16(2)32-8-9-36-14-19(32)15-37-20-6-7-33-21(13-30-24(33)12-20)17-10-22(35-3)25(23(11-17)38-27(28)29)26(34)31-18-4-5-18/h6-7,10-13,16,18-19,27H,4-5,8-9,14-15H2,1-3H3,(H,31,34). The van der Waals surface area contributed by atoms with Crippen molar-refractivity contribution in [3.63, 3.8) is 0 Å². The van der Waals surface area contributed by atoms with Crippen LogP contribution in [0.1, 0.15) is 37.0 Å². The molecule has 3 aromatic rings. The summed E-state index contributed by atoms with van der Waals surface area (Å²) in [5, 5.41) is 2.81. The van der Waals surface area contributed by atoms with E-state index in [0.29, 0.717) is 41.9 Å². The minimum Gasteiger partial charge on any atom is -0.496 e. The van der Waals surface area contributed by atoms with Gasteiger partial charge in [-0.05, 0) is 44.9 Å². The molecule has 1 amide bonds. The second kappa shape index (κ2) is 11.1. The maximum absolute atomic E-state index is 13.3. The van der Waals surface area contributed by atoms with E-state index < -0.39 is 12.5 Å². The summed E-state index contributed by atoms with van der Waals surface area (Å²) < 4.78 is 50.3. The van der Waals surface area contributed by atoms with E-state index in [1.807, 2.05) is 16.5 Å². The smallest absolute Gasteiger partial charge is 0.387 e. The van der Waals surface area contributed by atoms with Crippen molar-refractivity contribution in [1.82, 2.24) is 19.6 Å². The van der Waals surface area contributed by atoms with Crippen LogP contribution in [0.25, 0.3) is 16.9 Å². The number of amides is 1. The number of alkyl halides is 2. The number of fused-ring (bicyclic) bond motifs is 1. The highest BCUT2D eigenvalue weighted by Crippen LogP contribution is 2.37. The van der Waals surface area contributed by atoms with Crippen LogP contribution in [0, 0.1) is 0 Å². The number of aromatic nitrogens is 2. The second-order valence-corrected chi connectivity index (χ2v) is 9.78. The Hall–Kier alpha value is -3.44. The Labute approximate surface area is 219 Å². The molecule has 38 heavy (non-hydrogen) atoms. The van der Waals surface area contributed by atoms with E-state index in [1.54, 1.807) is 18.5 Å². The Kier molecular flexibility index (Phi) is 7.66. The number of nitrogens with zero attached hydrogens (tertiary/aromatic N) is 3. The molecular weight excluding hydrogens is 498 g/mol. The highest BCUT2D eigenvalue weighted by atomic mass is 19.3. The topological polar surface area (TPSA) is 86.6 Å². The Morgan fingerprint density at radius 1 is 1.24 bits per heavy atom. The SMILES string of the molecule is COc1cc(-c2cnc3cc(OCC4COCCN4C(C)C)ccn23)cc(OC(F)F)c1C(=O)NC1CC1. The third kappa shape index (κ3) is 5.68. The van der Waals surface area contributed by atoms with Crippen LogP contribution in [-0.4, -0.2) is 78.4 Å². The molecule has 0 radical (unpaired) electrons. The zero-order valence-corrected chi connectivity index (χ0v) is 21.7. The van der Waals surface area contributed by atoms with Crippen molar-refractivity contribution in [1.29, 1.82) is 0 Å². The van der Waals surface area contributed by atoms with Gasteiger partial charge in [-0.2, -0.15) is 8.78 Å². The highest BCUT2D eigenvalue weighted by Gasteiger charge is 2.29. The molecule has 1 aliphatic carbocycles. The quantitative estimate of drug-likeness (QED) is 0.424. The molecule has 1 saturated heterocycles. The van der Waals surface area contributed by atoms with Crippen molar-refractivity contribution >= 4 is 11.6 Å². The van der Waals surface area contributed by atoms with Gasteiger partial charge in [-0.15, -0.1) is 0 Å². The number of pyridine rings is 1. The van der Waals surface area contributed by atoms with E-state index in [0.717, 1.165) is 26.0 Å². The summed E-state index contributed by atoms with van der Waals surface area (Å²) in [6, 6.07) is 7.27. The minimum absolute atomic E-state index is 0.0422. The van der Waals surface area contributed by atoms with Crippen LogP contribution in [0.15, 0.2) is 36.7 Å². The maximum atomic E-state index is 13.3. The number of methoxy groups -OCH3 is 1. The van der Waals surface area contributed by atoms with Crippen molar-refractivity contribution < 1.29 is 32.5 Å². The Balaban J connectivity index is 1.41. The molecule has 1 unspecified atom stereocenters. The van der Waals surface area contributed by atoms with Crippen molar-refractivity contribution in [2.75, 3.05) is 33.5 Å². The van der Waals surface area contributed by atoms with Crippen LogP contribution in [0.3, 0.4) is 0 Å². The van der Waals surface area contributed by atoms with E-state index >= 15 is 0 Å². The molecule has 0 bridgehead atoms. The third-order valence-corrected chi connectivity index (χ3v) is 6.80. The largest absolute Gasteiger partial charge is 0.496 e. The number of morpholine rings is 1. The second-order valence-electron chi connectivity index (χ2n) is 9.78. The van der Waals surface area contributed by atoms with Crippen LogP contribution < -0.4 is 19.5 Å². The molecule has 3 heterocycles. The molecule has 1 saturated carbocycles. The van der Waals surface area contributed by atoms with Crippen molar-refractivity contribution in [2.45, 2.75) is 51.4 Å². The first-order valence-electron chi connectivity index (χ1n) is 12.8. The molecule has 2 aromatic heterocycles. The first kappa shape index (κ1) is 26.2. The van der Waals surface area contributed by atoms with Gasteiger partial charge in [0.2, 0.25) is 0 Å². The Morgan fingerprint density at radius 2 is 2.03 bits per heavy atom. The van der Waals surface area contributed by atoms with Gasteiger partial charge in [0, 0.05) is 36.5 Å². The molecule has 1 aliphatic heterocycles. The van der Waals surface area contributed by atoms with Gasteiger partial charge in [0.15, 0.2) is 0 Å². The van der Waals surface area contributed by atoms with Gasteiger partial charge in [0.05, 0.1) is 38.3 Å². The first-order chi connectivity index (χ1) is 18.3. The summed E-state index contributed by atoms with van der Waals surface area (Å²) in [6.45, 7) is 3.91. The fourth-order valence-electron chi connectivity index (χ4n) is 4.75. The molecule has 204 valence electrons. The average Bonchev–Trinajstić information content (AvgIpc) is 3.61. The summed E-state index contributed by atoms with van der Waals surface area (Å²) in [5.41, 5.74) is 1.68. The molecule has 1 aromatic carbocycles.